The lowest BCUT2D eigenvalue weighted by Crippen LogP contribution is -2.50. The number of hydrogen-bond acceptors (Lipinski definition) is 5. The van der Waals surface area contributed by atoms with Crippen LogP contribution in [0.15, 0.2) is 48.5 Å². The third-order valence-electron chi connectivity index (χ3n) is 4.42. The number of rotatable bonds is 8. The highest BCUT2D eigenvalue weighted by molar-refractivity contribution is 5.97. The molecule has 0 heterocycles. The van der Waals surface area contributed by atoms with Crippen molar-refractivity contribution in [3.8, 4) is 11.1 Å². The van der Waals surface area contributed by atoms with Crippen LogP contribution in [0.2, 0.25) is 0 Å². The van der Waals surface area contributed by atoms with E-state index in [0.717, 1.165) is 29.9 Å². The first-order valence-electron chi connectivity index (χ1n) is 8.94. The molecule has 0 spiro atoms. The summed E-state index contributed by atoms with van der Waals surface area (Å²) < 4.78 is 0. The summed E-state index contributed by atoms with van der Waals surface area (Å²) >= 11 is 0. The van der Waals surface area contributed by atoms with Crippen LogP contribution in [0, 0.1) is 0 Å². The van der Waals surface area contributed by atoms with Gasteiger partial charge in [-0.1, -0.05) is 24.3 Å². The molecule has 27 heavy (non-hydrogen) atoms. The minimum Gasteiger partial charge on any atom is -0.372 e. The molecule has 2 amide bonds. The van der Waals surface area contributed by atoms with Gasteiger partial charge in [-0.05, 0) is 49.2 Å². The van der Waals surface area contributed by atoms with Gasteiger partial charge in [0.05, 0.1) is 0 Å². The van der Waals surface area contributed by atoms with Crippen molar-refractivity contribution < 1.29 is 14.8 Å². The molecule has 5 N–H and O–H groups in total. The molecule has 2 rings (SSSR count). The molecule has 0 unspecified atom stereocenters. The minimum atomic E-state index is -0.993. The third kappa shape index (κ3) is 5.06. The van der Waals surface area contributed by atoms with E-state index < -0.39 is 17.9 Å². The summed E-state index contributed by atoms with van der Waals surface area (Å²) in [5, 5.41) is 11.2. The van der Waals surface area contributed by atoms with E-state index in [4.69, 9.17) is 10.9 Å². The van der Waals surface area contributed by atoms with Gasteiger partial charge in [0.2, 0.25) is 0 Å². The van der Waals surface area contributed by atoms with E-state index in [0.29, 0.717) is 5.56 Å². The second-order valence-electron chi connectivity index (χ2n) is 6.04. The highest BCUT2D eigenvalue weighted by atomic mass is 16.5. The molecular formula is C20H26N4O3. The van der Waals surface area contributed by atoms with Gasteiger partial charge in [-0.25, -0.2) is 5.48 Å². The first kappa shape index (κ1) is 20.4. The summed E-state index contributed by atoms with van der Waals surface area (Å²) in [5.74, 6) is -1.19. The molecule has 0 aliphatic rings. The van der Waals surface area contributed by atoms with Crippen molar-refractivity contribution in [2.75, 3.05) is 24.5 Å². The van der Waals surface area contributed by atoms with Gasteiger partial charge >= 0.3 is 0 Å². The Labute approximate surface area is 159 Å². The summed E-state index contributed by atoms with van der Waals surface area (Å²) in [6, 6.07) is 14.4. The Morgan fingerprint density at radius 1 is 1.07 bits per heavy atom. The van der Waals surface area contributed by atoms with Gasteiger partial charge in [-0.2, -0.15) is 0 Å². The van der Waals surface area contributed by atoms with E-state index in [1.165, 1.54) is 5.48 Å². The van der Waals surface area contributed by atoms with E-state index in [-0.39, 0.29) is 6.54 Å². The first-order valence-corrected chi connectivity index (χ1v) is 8.94. The van der Waals surface area contributed by atoms with Crippen LogP contribution in [0.25, 0.3) is 11.1 Å². The zero-order valence-electron chi connectivity index (χ0n) is 15.6. The topological polar surface area (TPSA) is 108 Å². The standard InChI is InChI=1S/C20H26N4O3/c1-3-24(4-2)17-7-5-6-16(12-17)14-8-10-15(11-9-14)19(25)22-18(13-21)20(26)23-27/h5-12,18,27H,3-4,13,21H2,1-2H3,(H,22,25)(H,23,26)/t18-/m0/s1. The normalized spacial score (nSPS) is 11.6. The fourth-order valence-corrected chi connectivity index (χ4v) is 2.84. The number of carbonyl (C=O) groups is 2. The van der Waals surface area contributed by atoms with E-state index in [9.17, 15) is 9.59 Å². The number of hydroxylamine groups is 1. The maximum Gasteiger partial charge on any atom is 0.267 e. The second kappa shape index (κ2) is 9.70. The average Bonchev–Trinajstić information content (AvgIpc) is 2.72. The molecule has 0 bridgehead atoms. The molecule has 1 atom stereocenters. The zero-order valence-corrected chi connectivity index (χ0v) is 15.6. The van der Waals surface area contributed by atoms with Crippen LogP contribution >= 0.6 is 0 Å². The van der Waals surface area contributed by atoms with Gasteiger partial charge in [0, 0.05) is 30.9 Å². The number of hydrogen-bond donors (Lipinski definition) is 4. The molecule has 0 aliphatic carbocycles. The number of nitrogens with two attached hydrogens (primary N) is 1. The smallest absolute Gasteiger partial charge is 0.267 e. The lowest BCUT2D eigenvalue weighted by Gasteiger charge is -2.21. The molecule has 0 saturated heterocycles. The Morgan fingerprint density at radius 2 is 1.74 bits per heavy atom. The average molecular weight is 370 g/mol. The molecule has 7 nitrogen and oxygen atoms in total. The Bertz CT molecular complexity index is 773. The van der Waals surface area contributed by atoms with Gasteiger partial charge < -0.3 is 16.0 Å². The SMILES string of the molecule is CCN(CC)c1cccc(-c2ccc(C(=O)N[C@@H](CN)C(=O)NO)cc2)c1. The van der Waals surface area contributed by atoms with Crippen molar-refractivity contribution in [1.82, 2.24) is 10.8 Å². The summed E-state index contributed by atoms with van der Waals surface area (Å²) in [6.07, 6.45) is 0. The summed E-state index contributed by atoms with van der Waals surface area (Å²) in [6.45, 7) is 5.99. The number of anilines is 1. The van der Waals surface area contributed by atoms with Crippen LogP contribution in [0.3, 0.4) is 0 Å². The van der Waals surface area contributed by atoms with Gasteiger partial charge in [0.1, 0.15) is 6.04 Å². The summed E-state index contributed by atoms with van der Waals surface area (Å²) in [5.41, 5.74) is 10.5. The van der Waals surface area contributed by atoms with Crippen LogP contribution in [-0.2, 0) is 4.79 Å². The lowest BCUT2D eigenvalue weighted by atomic mass is 10.0. The molecular weight excluding hydrogens is 344 g/mol. The number of nitrogens with one attached hydrogen (secondary N) is 2. The van der Waals surface area contributed by atoms with E-state index in [1.54, 1.807) is 12.1 Å². The number of carbonyl (C=O) groups excluding carboxylic acids is 2. The molecule has 7 heteroatoms. The van der Waals surface area contributed by atoms with Gasteiger partial charge in [0.25, 0.3) is 11.8 Å². The van der Waals surface area contributed by atoms with Crippen LogP contribution in [-0.4, -0.2) is 42.7 Å². The number of nitrogens with zero attached hydrogens (tertiary/aromatic N) is 1. The summed E-state index contributed by atoms with van der Waals surface area (Å²) in [7, 11) is 0. The van der Waals surface area contributed by atoms with Gasteiger partial charge in [-0.3, -0.25) is 14.8 Å². The fraction of sp³-hybridized carbons (Fsp3) is 0.300. The second-order valence-corrected chi connectivity index (χ2v) is 6.04. The van der Waals surface area contributed by atoms with Crippen molar-refractivity contribution in [1.29, 1.82) is 0 Å². The fourth-order valence-electron chi connectivity index (χ4n) is 2.84. The highest BCUT2D eigenvalue weighted by Gasteiger charge is 2.19. The first-order chi connectivity index (χ1) is 13.0. The Balaban J connectivity index is 2.16. The van der Waals surface area contributed by atoms with Crippen LogP contribution in [0.4, 0.5) is 5.69 Å². The van der Waals surface area contributed by atoms with Crippen LogP contribution < -0.4 is 21.4 Å². The van der Waals surface area contributed by atoms with Crippen molar-refractivity contribution in [3.05, 3.63) is 54.1 Å². The predicted octanol–water partition coefficient (Wildman–Crippen LogP) is 1.76. The van der Waals surface area contributed by atoms with E-state index in [1.807, 2.05) is 24.3 Å². The predicted molar refractivity (Wildman–Crippen MR) is 106 cm³/mol. The molecule has 2 aromatic carbocycles. The molecule has 2 aromatic rings. The van der Waals surface area contributed by atoms with E-state index in [2.05, 4.69) is 36.2 Å². The quantitative estimate of drug-likeness (QED) is 0.418. The van der Waals surface area contributed by atoms with Crippen molar-refractivity contribution in [2.24, 2.45) is 5.73 Å². The van der Waals surface area contributed by atoms with Crippen LogP contribution in [0.5, 0.6) is 0 Å². The van der Waals surface area contributed by atoms with Crippen LogP contribution in [0.1, 0.15) is 24.2 Å². The maximum absolute atomic E-state index is 12.3. The van der Waals surface area contributed by atoms with Crippen molar-refractivity contribution in [3.63, 3.8) is 0 Å². The number of benzene rings is 2. The molecule has 0 radical (unpaired) electrons. The molecule has 144 valence electrons. The zero-order chi connectivity index (χ0) is 19.8. The minimum absolute atomic E-state index is 0.117. The lowest BCUT2D eigenvalue weighted by molar-refractivity contribution is -0.130. The Hall–Kier alpha value is -2.90. The third-order valence-corrected chi connectivity index (χ3v) is 4.42. The Morgan fingerprint density at radius 3 is 2.30 bits per heavy atom. The molecule has 0 saturated carbocycles. The molecule has 0 aromatic heterocycles. The maximum atomic E-state index is 12.3. The molecule has 0 fully saturated rings. The monoisotopic (exact) mass is 370 g/mol. The van der Waals surface area contributed by atoms with Gasteiger partial charge in [-0.15, -0.1) is 0 Å². The largest absolute Gasteiger partial charge is 0.372 e. The summed E-state index contributed by atoms with van der Waals surface area (Å²) in [4.78, 5) is 26.0. The Kier molecular flexibility index (Phi) is 7.34. The van der Waals surface area contributed by atoms with Gasteiger partial charge in [0.15, 0.2) is 0 Å². The van der Waals surface area contributed by atoms with Crippen molar-refractivity contribution in [2.45, 2.75) is 19.9 Å². The molecule has 0 aliphatic heterocycles. The van der Waals surface area contributed by atoms with Crippen molar-refractivity contribution >= 4 is 17.5 Å². The number of amides is 2. The highest BCUT2D eigenvalue weighted by Crippen LogP contribution is 2.25. The van der Waals surface area contributed by atoms with E-state index >= 15 is 0 Å².